The Bertz CT molecular complexity index is 282. The number of benzene rings is 1. The number of rotatable bonds is 3. The lowest BCUT2D eigenvalue weighted by molar-refractivity contribution is 0.0505. The maximum Gasteiger partial charge on any atom is 0.338 e. The molecule has 1 N–H and O–H groups in total. The molecule has 0 aliphatic rings. The van der Waals surface area contributed by atoms with E-state index < -0.39 is 0 Å². The molecule has 0 aliphatic heterocycles. The van der Waals surface area contributed by atoms with Gasteiger partial charge in [0.2, 0.25) is 0 Å². The van der Waals surface area contributed by atoms with Gasteiger partial charge in [-0.25, -0.2) is 4.79 Å². The maximum absolute atomic E-state index is 11.2. The number of phenols is 1. The van der Waals surface area contributed by atoms with Crippen molar-refractivity contribution < 1.29 is 14.6 Å². The standard InChI is InChI=1S/C10H12O3.ClH/c1-2-7-13-10(12)8-3-5-9(11)6-4-8;/h3-6,11H,2,7H2,1H3;1H. The third-order valence-corrected chi connectivity index (χ3v) is 1.54. The smallest absolute Gasteiger partial charge is 0.338 e. The molecule has 3 nitrogen and oxygen atoms in total. The van der Waals surface area contributed by atoms with Crippen LogP contribution in [-0.4, -0.2) is 17.7 Å². The lowest BCUT2D eigenvalue weighted by Gasteiger charge is -2.02. The van der Waals surface area contributed by atoms with Crippen LogP contribution in [0.5, 0.6) is 5.75 Å². The first-order valence-corrected chi connectivity index (χ1v) is 4.20. The van der Waals surface area contributed by atoms with Gasteiger partial charge in [-0.05, 0) is 30.7 Å². The van der Waals surface area contributed by atoms with Gasteiger partial charge >= 0.3 is 5.97 Å². The summed E-state index contributed by atoms with van der Waals surface area (Å²) in [7, 11) is 0. The highest BCUT2D eigenvalue weighted by atomic mass is 35.5. The summed E-state index contributed by atoms with van der Waals surface area (Å²) < 4.78 is 4.90. The molecule has 0 unspecified atom stereocenters. The van der Waals surface area contributed by atoms with Gasteiger partial charge in [-0.2, -0.15) is 0 Å². The second-order valence-corrected chi connectivity index (χ2v) is 2.68. The SMILES string of the molecule is CCCOC(=O)c1ccc(O)cc1.Cl. The predicted octanol–water partition coefficient (Wildman–Crippen LogP) is 2.38. The Labute approximate surface area is 89.1 Å². The summed E-state index contributed by atoms with van der Waals surface area (Å²) >= 11 is 0. The normalized spacial score (nSPS) is 8.93. The van der Waals surface area contributed by atoms with Crippen LogP contribution < -0.4 is 0 Å². The first kappa shape index (κ1) is 12.8. The highest BCUT2D eigenvalue weighted by Gasteiger charge is 2.05. The minimum atomic E-state index is -0.346. The summed E-state index contributed by atoms with van der Waals surface area (Å²) in [6, 6.07) is 5.99. The molecule has 0 spiro atoms. The van der Waals surface area contributed by atoms with E-state index in [1.165, 1.54) is 24.3 Å². The summed E-state index contributed by atoms with van der Waals surface area (Å²) in [5.74, 6) is -0.200. The van der Waals surface area contributed by atoms with E-state index in [4.69, 9.17) is 9.84 Å². The number of aromatic hydroxyl groups is 1. The Balaban J connectivity index is 0.00000169. The Morgan fingerprint density at radius 3 is 2.43 bits per heavy atom. The fourth-order valence-electron chi connectivity index (χ4n) is 0.876. The largest absolute Gasteiger partial charge is 0.508 e. The van der Waals surface area contributed by atoms with E-state index in [0.29, 0.717) is 12.2 Å². The quantitative estimate of drug-likeness (QED) is 0.790. The van der Waals surface area contributed by atoms with E-state index in [-0.39, 0.29) is 24.1 Å². The average molecular weight is 217 g/mol. The molecule has 0 aromatic heterocycles. The van der Waals surface area contributed by atoms with Gasteiger partial charge in [0.1, 0.15) is 5.75 Å². The second kappa shape index (κ2) is 6.27. The zero-order chi connectivity index (χ0) is 9.68. The van der Waals surface area contributed by atoms with Crippen molar-refractivity contribution in [2.24, 2.45) is 0 Å². The topological polar surface area (TPSA) is 46.5 Å². The van der Waals surface area contributed by atoms with Crippen molar-refractivity contribution in [3.8, 4) is 5.75 Å². The Morgan fingerprint density at radius 1 is 1.36 bits per heavy atom. The summed E-state index contributed by atoms with van der Waals surface area (Å²) in [6.45, 7) is 2.36. The molecule has 14 heavy (non-hydrogen) atoms. The molecular weight excluding hydrogens is 204 g/mol. The summed E-state index contributed by atoms with van der Waals surface area (Å²) in [5.41, 5.74) is 0.464. The van der Waals surface area contributed by atoms with Crippen molar-refractivity contribution in [1.29, 1.82) is 0 Å². The minimum absolute atomic E-state index is 0. The number of halogens is 1. The molecule has 0 fully saturated rings. The Hall–Kier alpha value is -1.22. The molecule has 0 amide bonds. The van der Waals surface area contributed by atoms with Crippen molar-refractivity contribution in [3.05, 3.63) is 29.8 Å². The van der Waals surface area contributed by atoms with Crippen LogP contribution in [0.4, 0.5) is 0 Å². The van der Waals surface area contributed by atoms with E-state index in [2.05, 4.69) is 0 Å². The number of hydrogen-bond acceptors (Lipinski definition) is 3. The van der Waals surface area contributed by atoms with Gasteiger partial charge in [0.05, 0.1) is 12.2 Å². The average Bonchev–Trinajstić information content (AvgIpc) is 2.15. The van der Waals surface area contributed by atoms with E-state index in [1.807, 2.05) is 6.92 Å². The van der Waals surface area contributed by atoms with Crippen molar-refractivity contribution in [2.45, 2.75) is 13.3 Å². The molecule has 1 aromatic carbocycles. The third-order valence-electron chi connectivity index (χ3n) is 1.54. The van der Waals surface area contributed by atoms with Crippen LogP contribution in [-0.2, 0) is 4.74 Å². The molecular formula is C10H13ClO3. The van der Waals surface area contributed by atoms with Crippen molar-refractivity contribution in [3.63, 3.8) is 0 Å². The number of hydrogen-bond donors (Lipinski definition) is 1. The number of phenolic OH excluding ortho intramolecular Hbond substituents is 1. The van der Waals surface area contributed by atoms with E-state index in [1.54, 1.807) is 0 Å². The van der Waals surface area contributed by atoms with Gasteiger partial charge in [-0.15, -0.1) is 12.4 Å². The lowest BCUT2D eigenvalue weighted by Crippen LogP contribution is -2.05. The van der Waals surface area contributed by atoms with Gasteiger partial charge in [0, 0.05) is 0 Å². The Kier molecular flexibility index (Phi) is 5.72. The first-order valence-electron chi connectivity index (χ1n) is 4.20. The van der Waals surface area contributed by atoms with Gasteiger partial charge in [0.15, 0.2) is 0 Å². The molecule has 0 bridgehead atoms. The number of esters is 1. The van der Waals surface area contributed by atoms with Gasteiger partial charge in [-0.3, -0.25) is 0 Å². The molecule has 0 saturated carbocycles. The molecule has 0 saturated heterocycles. The van der Waals surface area contributed by atoms with Gasteiger partial charge < -0.3 is 9.84 Å². The summed E-state index contributed by atoms with van der Waals surface area (Å²) in [6.07, 6.45) is 0.809. The van der Waals surface area contributed by atoms with Gasteiger partial charge in [-0.1, -0.05) is 6.92 Å². The molecule has 0 heterocycles. The molecule has 4 heteroatoms. The zero-order valence-corrected chi connectivity index (χ0v) is 8.71. The number of carbonyl (C=O) groups is 1. The second-order valence-electron chi connectivity index (χ2n) is 2.68. The molecule has 78 valence electrons. The third kappa shape index (κ3) is 3.66. The van der Waals surface area contributed by atoms with Crippen LogP contribution in [0.15, 0.2) is 24.3 Å². The van der Waals surface area contributed by atoms with Crippen molar-refractivity contribution in [2.75, 3.05) is 6.61 Å². The van der Waals surface area contributed by atoms with E-state index in [9.17, 15) is 4.79 Å². The minimum Gasteiger partial charge on any atom is -0.508 e. The van der Waals surface area contributed by atoms with Crippen molar-refractivity contribution in [1.82, 2.24) is 0 Å². The van der Waals surface area contributed by atoms with Crippen LogP contribution >= 0.6 is 12.4 Å². The van der Waals surface area contributed by atoms with E-state index >= 15 is 0 Å². The molecule has 1 rings (SSSR count). The molecule has 1 aromatic rings. The highest BCUT2D eigenvalue weighted by molar-refractivity contribution is 5.89. The lowest BCUT2D eigenvalue weighted by atomic mass is 10.2. The summed E-state index contributed by atoms with van der Waals surface area (Å²) in [4.78, 5) is 11.2. The first-order chi connectivity index (χ1) is 6.24. The highest BCUT2D eigenvalue weighted by Crippen LogP contribution is 2.10. The fraction of sp³-hybridized carbons (Fsp3) is 0.300. The summed E-state index contributed by atoms with van der Waals surface area (Å²) in [5, 5.41) is 8.96. The van der Waals surface area contributed by atoms with E-state index in [0.717, 1.165) is 6.42 Å². The molecule has 0 atom stereocenters. The van der Waals surface area contributed by atoms with Crippen LogP contribution in [0.3, 0.4) is 0 Å². The number of ether oxygens (including phenoxy) is 1. The predicted molar refractivity (Wildman–Crippen MR) is 55.9 cm³/mol. The zero-order valence-electron chi connectivity index (χ0n) is 7.90. The van der Waals surface area contributed by atoms with Crippen LogP contribution in [0.1, 0.15) is 23.7 Å². The monoisotopic (exact) mass is 216 g/mol. The van der Waals surface area contributed by atoms with Crippen LogP contribution in [0, 0.1) is 0 Å². The fourth-order valence-corrected chi connectivity index (χ4v) is 0.876. The Morgan fingerprint density at radius 2 is 1.93 bits per heavy atom. The maximum atomic E-state index is 11.2. The number of carbonyl (C=O) groups excluding carboxylic acids is 1. The van der Waals surface area contributed by atoms with Crippen molar-refractivity contribution >= 4 is 18.4 Å². The molecule has 0 radical (unpaired) electrons. The van der Waals surface area contributed by atoms with Crippen LogP contribution in [0.25, 0.3) is 0 Å². The molecule has 0 aliphatic carbocycles. The van der Waals surface area contributed by atoms with Crippen LogP contribution in [0.2, 0.25) is 0 Å². The van der Waals surface area contributed by atoms with Gasteiger partial charge in [0.25, 0.3) is 0 Å².